The van der Waals surface area contributed by atoms with Crippen LogP contribution in [-0.2, 0) is 0 Å². The third-order valence-corrected chi connectivity index (χ3v) is 3.52. The fourth-order valence-corrected chi connectivity index (χ4v) is 2.01. The maximum Gasteiger partial charge on any atom is 0.401 e. The molecule has 4 nitrogen and oxygen atoms in total. The van der Waals surface area contributed by atoms with Crippen LogP contribution in [0.15, 0.2) is 0 Å². The summed E-state index contributed by atoms with van der Waals surface area (Å²) in [5.74, 6) is 0. The number of halogens is 6. The smallest absolute Gasteiger partial charge is 0.317 e. The van der Waals surface area contributed by atoms with Gasteiger partial charge in [0.15, 0.2) is 0 Å². The Morgan fingerprint density at radius 3 is 1.26 bits per heavy atom. The number of alkyl halides is 6. The quantitative estimate of drug-likeness (QED) is 0.262. The van der Waals surface area contributed by atoms with E-state index in [4.69, 9.17) is 0 Å². The third-order valence-electron chi connectivity index (χ3n) is 3.52. The molecule has 0 amide bonds. The van der Waals surface area contributed by atoms with Gasteiger partial charge in [-0.25, -0.2) is 0 Å². The van der Waals surface area contributed by atoms with Crippen LogP contribution in [0.25, 0.3) is 0 Å². The maximum absolute atomic E-state index is 12.0. The van der Waals surface area contributed by atoms with Gasteiger partial charge in [-0.05, 0) is 59.3 Å². The fourth-order valence-electron chi connectivity index (χ4n) is 2.01. The highest BCUT2D eigenvalue weighted by molar-refractivity contribution is 4.67. The van der Waals surface area contributed by atoms with Gasteiger partial charge in [0.2, 0.25) is 0 Å². The molecule has 0 bridgehead atoms. The molecule has 0 aliphatic rings. The van der Waals surface area contributed by atoms with E-state index in [0.717, 1.165) is 19.5 Å². The molecule has 0 aliphatic heterocycles. The van der Waals surface area contributed by atoms with Gasteiger partial charge in [-0.1, -0.05) is 13.8 Å². The Morgan fingerprint density at radius 1 is 0.630 bits per heavy atom. The van der Waals surface area contributed by atoms with Crippen molar-refractivity contribution in [2.45, 2.75) is 71.4 Å². The lowest BCUT2D eigenvalue weighted by atomic mass is 10.2. The summed E-state index contributed by atoms with van der Waals surface area (Å²) in [6.45, 7) is 8.20. The molecule has 166 valence electrons. The van der Waals surface area contributed by atoms with Crippen molar-refractivity contribution in [1.82, 2.24) is 21.3 Å². The van der Waals surface area contributed by atoms with E-state index in [-0.39, 0.29) is 12.1 Å². The molecule has 0 aromatic heterocycles. The number of rotatable bonds is 14. The van der Waals surface area contributed by atoms with Crippen LogP contribution in [0.3, 0.4) is 0 Å². The summed E-state index contributed by atoms with van der Waals surface area (Å²) in [6.07, 6.45) is -6.33. The minimum absolute atomic E-state index is 0.210. The highest BCUT2D eigenvalue weighted by Crippen LogP contribution is 2.13. The van der Waals surface area contributed by atoms with E-state index in [2.05, 4.69) is 21.3 Å². The summed E-state index contributed by atoms with van der Waals surface area (Å²) in [7, 11) is 0. The molecule has 0 aliphatic carbocycles. The summed E-state index contributed by atoms with van der Waals surface area (Å²) < 4.78 is 72.1. The number of hydrogen-bond donors (Lipinski definition) is 4. The van der Waals surface area contributed by atoms with E-state index < -0.39 is 25.4 Å². The molecule has 4 N–H and O–H groups in total. The van der Waals surface area contributed by atoms with E-state index in [9.17, 15) is 26.3 Å². The molecule has 0 spiro atoms. The van der Waals surface area contributed by atoms with E-state index in [1.54, 1.807) is 13.8 Å². The SMILES string of the molecule is CC.CC(CCNCCCNCCC(C)NCC(F)(F)F)NCC(F)(F)F. The number of hydrogen-bond acceptors (Lipinski definition) is 4. The second-order valence-electron chi connectivity index (χ2n) is 6.23. The molecule has 2 atom stereocenters. The first-order chi connectivity index (χ1) is 12.5. The molecule has 0 fully saturated rings. The van der Waals surface area contributed by atoms with Crippen molar-refractivity contribution in [1.29, 1.82) is 0 Å². The predicted octanol–water partition coefficient (Wildman–Crippen LogP) is 3.44. The van der Waals surface area contributed by atoms with Crippen LogP contribution < -0.4 is 21.3 Å². The van der Waals surface area contributed by atoms with Crippen molar-refractivity contribution >= 4 is 0 Å². The average molecular weight is 410 g/mol. The lowest BCUT2D eigenvalue weighted by molar-refractivity contribution is -0.126. The van der Waals surface area contributed by atoms with Gasteiger partial charge >= 0.3 is 12.4 Å². The van der Waals surface area contributed by atoms with Gasteiger partial charge in [0.05, 0.1) is 13.1 Å². The molecule has 0 heterocycles. The monoisotopic (exact) mass is 410 g/mol. The first-order valence-corrected chi connectivity index (χ1v) is 9.51. The van der Waals surface area contributed by atoms with Crippen molar-refractivity contribution in [3.8, 4) is 0 Å². The molecule has 2 unspecified atom stereocenters. The summed E-state index contributed by atoms with van der Waals surface area (Å²) in [5, 5.41) is 11.1. The van der Waals surface area contributed by atoms with Gasteiger partial charge in [-0.3, -0.25) is 0 Å². The molecular formula is C17H36F6N4. The average Bonchev–Trinajstić information content (AvgIpc) is 2.57. The van der Waals surface area contributed by atoms with Crippen LogP contribution >= 0.6 is 0 Å². The van der Waals surface area contributed by atoms with Crippen LogP contribution in [0, 0.1) is 0 Å². The second kappa shape index (κ2) is 16.4. The van der Waals surface area contributed by atoms with Gasteiger partial charge in [-0.15, -0.1) is 0 Å². The van der Waals surface area contributed by atoms with Gasteiger partial charge in [-0.2, -0.15) is 26.3 Å². The van der Waals surface area contributed by atoms with Gasteiger partial charge in [0.1, 0.15) is 0 Å². The Bertz CT molecular complexity index is 294. The van der Waals surface area contributed by atoms with Crippen molar-refractivity contribution < 1.29 is 26.3 Å². The van der Waals surface area contributed by atoms with Crippen LogP contribution in [0.1, 0.15) is 47.0 Å². The standard InChI is InChI=1S/C15H30F6N4.C2H6/c1-12(24-10-14(16,17)18)4-8-22-6-3-7-23-9-5-13(2)25-11-15(19,20)21;1-2/h12-13,22-25H,3-11H2,1-2H3;1-2H3. The van der Waals surface area contributed by atoms with E-state index in [1.807, 2.05) is 13.8 Å². The first-order valence-electron chi connectivity index (χ1n) is 9.51. The van der Waals surface area contributed by atoms with Crippen molar-refractivity contribution in [3.05, 3.63) is 0 Å². The zero-order valence-electron chi connectivity index (χ0n) is 16.8. The molecule has 0 aromatic carbocycles. The van der Waals surface area contributed by atoms with E-state index >= 15 is 0 Å². The first kappa shape index (κ1) is 28.6. The zero-order valence-corrected chi connectivity index (χ0v) is 16.8. The predicted molar refractivity (Wildman–Crippen MR) is 98.0 cm³/mol. The Labute approximate surface area is 159 Å². The summed E-state index contributed by atoms with van der Waals surface area (Å²) >= 11 is 0. The molecule has 0 radical (unpaired) electrons. The number of nitrogens with one attached hydrogen (secondary N) is 4. The highest BCUT2D eigenvalue weighted by Gasteiger charge is 2.27. The zero-order chi connectivity index (χ0) is 21.3. The third kappa shape index (κ3) is 25.4. The molecule has 0 rings (SSSR count). The maximum atomic E-state index is 12.0. The molecule has 10 heteroatoms. The lowest BCUT2D eigenvalue weighted by Crippen LogP contribution is -2.37. The summed E-state index contributed by atoms with van der Waals surface area (Å²) in [5.41, 5.74) is 0. The van der Waals surface area contributed by atoms with E-state index in [0.29, 0.717) is 25.9 Å². The minimum Gasteiger partial charge on any atom is -0.317 e. The van der Waals surface area contributed by atoms with Crippen molar-refractivity contribution in [3.63, 3.8) is 0 Å². The Kier molecular flexibility index (Phi) is 17.4. The molecule has 0 aromatic rings. The minimum atomic E-state index is -4.19. The van der Waals surface area contributed by atoms with Crippen LogP contribution in [0.5, 0.6) is 0 Å². The van der Waals surface area contributed by atoms with Gasteiger partial charge in [0.25, 0.3) is 0 Å². The highest BCUT2D eigenvalue weighted by atomic mass is 19.4. The fraction of sp³-hybridized carbons (Fsp3) is 1.00. The largest absolute Gasteiger partial charge is 0.401 e. The Morgan fingerprint density at radius 2 is 0.963 bits per heavy atom. The molecule has 0 saturated carbocycles. The topological polar surface area (TPSA) is 48.1 Å². The molecule has 27 heavy (non-hydrogen) atoms. The molecule has 0 saturated heterocycles. The molecular weight excluding hydrogens is 374 g/mol. The van der Waals surface area contributed by atoms with Gasteiger partial charge in [0, 0.05) is 12.1 Å². The summed E-state index contributed by atoms with van der Waals surface area (Å²) in [4.78, 5) is 0. The van der Waals surface area contributed by atoms with Crippen LogP contribution in [-0.4, -0.2) is 63.7 Å². The van der Waals surface area contributed by atoms with Crippen LogP contribution in [0.4, 0.5) is 26.3 Å². The lowest BCUT2D eigenvalue weighted by Gasteiger charge is -2.16. The Hall–Kier alpha value is -0.580. The second-order valence-corrected chi connectivity index (χ2v) is 6.23. The normalized spacial score (nSPS) is 14.4. The van der Waals surface area contributed by atoms with Crippen molar-refractivity contribution in [2.24, 2.45) is 0 Å². The van der Waals surface area contributed by atoms with Crippen molar-refractivity contribution in [2.75, 3.05) is 39.3 Å². The van der Waals surface area contributed by atoms with E-state index in [1.165, 1.54) is 0 Å². The Balaban J connectivity index is 0. The van der Waals surface area contributed by atoms with Gasteiger partial charge < -0.3 is 21.3 Å². The summed E-state index contributed by atoms with van der Waals surface area (Å²) in [6, 6.07) is -0.420. The van der Waals surface area contributed by atoms with Crippen LogP contribution in [0.2, 0.25) is 0 Å².